The van der Waals surface area contributed by atoms with Crippen LogP contribution in [0.15, 0.2) is 28.7 Å². The topological polar surface area (TPSA) is 75.6 Å². The smallest absolute Gasteiger partial charge is 0.306 e. The van der Waals surface area contributed by atoms with E-state index in [9.17, 15) is 9.59 Å². The molecule has 132 valence electrons. The fourth-order valence-electron chi connectivity index (χ4n) is 2.89. The second kappa shape index (κ2) is 9.67. The number of benzene rings is 1. The van der Waals surface area contributed by atoms with Gasteiger partial charge in [-0.15, -0.1) is 0 Å². The SMILES string of the molecule is O=C(CCCCOc1ccc(Br)cc1)NC1CCC(C(=O)O)CC1. The highest BCUT2D eigenvalue weighted by Gasteiger charge is 2.26. The third-order valence-corrected chi connectivity index (χ3v) is 4.85. The van der Waals surface area contributed by atoms with Gasteiger partial charge in [-0.2, -0.15) is 0 Å². The number of amides is 1. The number of unbranched alkanes of at least 4 members (excludes halogenated alkanes) is 1. The van der Waals surface area contributed by atoms with Gasteiger partial charge in [0.05, 0.1) is 12.5 Å². The molecule has 6 heteroatoms. The molecule has 0 atom stereocenters. The lowest BCUT2D eigenvalue weighted by Crippen LogP contribution is -2.38. The number of hydrogen-bond acceptors (Lipinski definition) is 3. The number of rotatable bonds is 8. The minimum absolute atomic E-state index is 0.0532. The molecule has 0 unspecified atom stereocenters. The molecule has 0 spiro atoms. The first-order valence-corrected chi connectivity index (χ1v) is 9.24. The van der Waals surface area contributed by atoms with Gasteiger partial charge in [0.2, 0.25) is 5.91 Å². The summed E-state index contributed by atoms with van der Waals surface area (Å²) in [7, 11) is 0. The van der Waals surface area contributed by atoms with E-state index in [0.29, 0.717) is 25.9 Å². The van der Waals surface area contributed by atoms with Crippen LogP contribution in [-0.4, -0.2) is 29.6 Å². The Balaban J connectivity index is 1.54. The Morgan fingerprint density at radius 2 is 1.79 bits per heavy atom. The Hall–Kier alpha value is -1.56. The van der Waals surface area contributed by atoms with Crippen molar-refractivity contribution >= 4 is 27.8 Å². The summed E-state index contributed by atoms with van der Waals surface area (Å²) in [4.78, 5) is 22.8. The summed E-state index contributed by atoms with van der Waals surface area (Å²) in [6.07, 6.45) is 4.93. The highest BCUT2D eigenvalue weighted by atomic mass is 79.9. The van der Waals surface area contributed by atoms with Crippen molar-refractivity contribution < 1.29 is 19.4 Å². The molecule has 1 amide bonds. The van der Waals surface area contributed by atoms with Crippen molar-refractivity contribution in [3.63, 3.8) is 0 Å². The average molecular weight is 398 g/mol. The lowest BCUT2D eigenvalue weighted by molar-refractivity contribution is -0.142. The fraction of sp³-hybridized carbons (Fsp3) is 0.556. The Morgan fingerprint density at radius 1 is 1.12 bits per heavy atom. The Morgan fingerprint density at radius 3 is 2.42 bits per heavy atom. The summed E-state index contributed by atoms with van der Waals surface area (Å²) in [5, 5.41) is 12.0. The average Bonchev–Trinajstić information content (AvgIpc) is 2.56. The minimum Gasteiger partial charge on any atom is -0.494 e. The monoisotopic (exact) mass is 397 g/mol. The highest BCUT2D eigenvalue weighted by molar-refractivity contribution is 9.10. The summed E-state index contributed by atoms with van der Waals surface area (Å²) in [6, 6.07) is 7.81. The van der Waals surface area contributed by atoms with Crippen LogP contribution in [0, 0.1) is 5.92 Å². The molecule has 0 saturated heterocycles. The summed E-state index contributed by atoms with van der Waals surface area (Å²) >= 11 is 3.38. The van der Waals surface area contributed by atoms with Crippen LogP contribution in [0.25, 0.3) is 0 Å². The van der Waals surface area contributed by atoms with E-state index in [4.69, 9.17) is 9.84 Å². The summed E-state index contributed by atoms with van der Waals surface area (Å²) in [5.41, 5.74) is 0. The van der Waals surface area contributed by atoms with E-state index in [-0.39, 0.29) is 17.9 Å². The van der Waals surface area contributed by atoms with Crippen LogP contribution in [-0.2, 0) is 9.59 Å². The first-order chi connectivity index (χ1) is 11.5. The predicted molar refractivity (Wildman–Crippen MR) is 95.0 cm³/mol. The molecule has 2 rings (SSSR count). The molecule has 0 aliphatic heterocycles. The van der Waals surface area contributed by atoms with Gasteiger partial charge in [-0.3, -0.25) is 9.59 Å². The highest BCUT2D eigenvalue weighted by Crippen LogP contribution is 2.24. The standard InChI is InChI=1S/C18H24BrNO4/c19-14-6-10-16(11-7-14)24-12-2-1-3-17(21)20-15-8-4-13(5-9-15)18(22)23/h6-7,10-11,13,15H,1-5,8-9,12H2,(H,20,21)(H,22,23). The molecular formula is C18H24BrNO4. The van der Waals surface area contributed by atoms with Gasteiger partial charge in [0.25, 0.3) is 0 Å². The number of aliphatic carboxylic acids is 1. The van der Waals surface area contributed by atoms with Crippen LogP contribution in [0.1, 0.15) is 44.9 Å². The maximum absolute atomic E-state index is 11.9. The van der Waals surface area contributed by atoms with Crippen LogP contribution >= 0.6 is 15.9 Å². The van der Waals surface area contributed by atoms with Crippen LogP contribution in [0.5, 0.6) is 5.75 Å². The van der Waals surface area contributed by atoms with Crippen molar-refractivity contribution in [3.8, 4) is 5.75 Å². The molecule has 1 aromatic carbocycles. The minimum atomic E-state index is -0.717. The van der Waals surface area contributed by atoms with Crippen molar-refractivity contribution in [1.29, 1.82) is 0 Å². The normalized spacial score (nSPS) is 20.4. The maximum Gasteiger partial charge on any atom is 0.306 e. The molecule has 2 N–H and O–H groups in total. The van der Waals surface area contributed by atoms with Crippen molar-refractivity contribution in [2.75, 3.05) is 6.61 Å². The van der Waals surface area contributed by atoms with E-state index in [1.807, 2.05) is 24.3 Å². The number of carbonyl (C=O) groups excluding carboxylic acids is 1. The van der Waals surface area contributed by atoms with Gasteiger partial charge in [0.15, 0.2) is 0 Å². The number of ether oxygens (including phenoxy) is 1. The fourth-order valence-corrected chi connectivity index (χ4v) is 3.16. The first-order valence-electron chi connectivity index (χ1n) is 8.45. The summed E-state index contributed by atoms with van der Waals surface area (Å²) in [5.74, 6) is -0.0743. The number of hydrogen-bond donors (Lipinski definition) is 2. The molecule has 1 aliphatic carbocycles. The molecule has 1 aromatic rings. The van der Waals surface area contributed by atoms with Crippen molar-refractivity contribution in [2.45, 2.75) is 51.0 Å². The van der Waals surface area contributed by atoms with Crippen LogP contribution in [0.2, 0.25) is 0 Å². The zero-order chi connectivity index (χ0) is 17.4. The largest absolute Gasteiger partial charge is 0.494 e. The third-order valence-electron chi connectivity index (χ3n) is 4.32. The molecule has 24 heavy (non-hydrogen) atoms. The van der Waals surface area contributed by atoms with Gasteiger partial charge in [-0.25, -0.2) is 0 Å². The van der Waals surface area contributed by atoms with E-state index in [0.717, 1.165) is 35.9 Å². The van der Waals surface area contributed by atoms with Crippen LogP contribution in [0.4, 0.5) is 0 Å². The zero-order valence-corrected chi connectivity index (χ0v) is 15.3. The Kier molecular flexibility index (Phi) is 7.56. The lowest BCUT2D eigenvalue weighted by Gasteiger charge is -2.26. The number of carboxylic acid groups (broad SMARTS) is 1. The molecule has 1 aliphatic rings. The first kappa shape index (κ1) is 18.8. The van der Waals surface area contributed by atoms with Gasteiger partial charge < -0.3 is 15.2 Å². The predicted octanol–water partition coefficient (Wildman–Crippen LogP) is 3.76. The summed E-state index contributed by atoms with van der Waals surface area (Å²) < 4.78 is 6.64. The molecule has 0 bridgehead atoms. The third kappa shape index (κ3) is 6.51. The molecule has 0 radical (unpaired) electrons. The molecular weight excluding hydrogens is 374 g/mol. The summed E-state index contributed by atoms with van der Waals surface area (Å²) in [6.45, 7) is 0.596. The Labute approximate surface area is 150 Å². The van der Waals surface area contributed by atoms with E-state index in [1.165, 1.54) is 0 Å². The zero-order valence-electron chi connectivity index (χ0n) is 13.7. The van der Waals surface area contributed by atoms with E-state index < -0.39 is 5.97 Å². The lowest BCUT2D eigenvalue weighted by atomic mass is 9.86. The molecule has 5 nitrogen and oxygen atoms in total. The van der Waals surface area contributed by atoms with Crippen LogP contribution in [0.3, 0.4) is 0 Å². The van der Waals surface area contributed by atoms with Crippen LogP contribution < -0.4 is 10.1 Å². The van der Waals surface area contributed by atoms with E-state index >= 15 is 0 Å². The second-order valence-electron chi connectivity index (χ2n) is 6.21. The van der Waals surface area contributed by atoms with Gasteiger partial charge in [0.1, 0.15) is 5.75 Å². The molecule has 1 saturated carbocycles. The maximum atomic E-state index is 11.9. The van der Waals surface area contributed by atoms with Crippen molar-refractivity contribution in [1.82, 2.24) is 5.32 Å². The number of carboxylic acids is 1. The molecule has 1 fully saturated rings. The second-order valence-corrected chi connectivity index (χ2v) is 7.13. The Bertz CT molecular complexity index is 538. The quantitative estimate of drug-likeness (QED) is 0.654. The van der Waals surface area contributed by atoms with Gasteiger partial charge in [-0.05, 0) is 62.8 Å². The van der Waals surface area contributed by atoms with Crippen molar-refractivity contribution in [3.05, 3.63) is 28.7 Å². The molecule has 0 aromatic heterocycles. The van der Waals surface area contributed by atoms with Gasteiger partial charge in [-0.1, -0.05) is 15.9 Å². The van der Waals surface area contributed by atoms with E-state index in [2.05, 4.69) is 21.2 Å². The number of halogens is 1. The van der Waals surface area contributed by atoms with Gasteiger partial charge in [0, 0.05) is 16.9 Å². The van der Waals surface area contributed by atoms with Gasteiger partial charge >= 0.3 is 5.97 Å². The van der Waals surface area contributed by atoms with E-state index in [1.54, 1.807) is 0 Å². The number of carbonyl (C=O) groups is 2. The number of nitrogens with one attached hydrogen (secondary N) is 1. The molecule has 0 heterocycles. The van der Waals surface area contributed by atoms with Crippen molar-refractivity contribution in [2.24, 2.45) is 5.92 Å².